The van der Waals surface area contributed by atoms with Crippen molar-refractivity contribution in [3.05, 3.63) is 35.1 Å². The third-order valence-corrected chi connectivity index (χ3v) is 4.76. The van der Waals surface area contributed by atoms with Crippen LogP contribution in [0.5, 0.6) is 0 Å². The SMILES string of the molecule is CCO[Si](CCCCc1cc(F)c(F)cc1F)OCC. The predicted molar refractivity (Wildman–Crippen MR) is 73.1 cm³/mol. The van der Waals surface area contributed by atoms with Gasteiger partial charge in [0.05, 0.1) is 0 Å². The van der Waals surface area contributed by atoms with Crippen LogP contribution in [0.25, 0.3) is 0 Å². The van der Waals surface area contributed by atoms with E-state index in [1.807, 2.05) is 13.8 Å². The summed E-state index contributed by atoms with van der Waals surface area (Å²) in [5.41, 5.74) is 0.213. The lowest BCUT2D eigenvalue weighted by atomic mass is 10.1. The van der Waals surface area contributed by atoms with Gasteiger partial charge < -0.3 is 8.85 Å². The Kier molecular flexibility index (Phi) is 7.87. The molecule has 1 aromatic carbocycles. The topological polar surface area (TPSA) is 18.5 Å². The highest BCUT2D eigenvalue weighted by atomic mass is 28.3. The fourth-order valence-corrected chi connectivity index (χ4v) is 3.40. The number of hydrogen-bond acceptors (Lipinski definition) is 2. The summed E-state index contributed by atoms with van der Waals surface area (Å²) in [6.45, 7) is 5.07. The zero-order chi connectivity index (χ0) is 15.0. The molecule has 0 bridgehead atoms. The van der Waals surface area contributed by atoms with Crippen molar-refractivity contribution in [2.45, 2.75) is 39.2 Å². The molecular weight excluding hydrogens is 285 g/mol. The van der Waals surface area contributed by atoms with Gasteiger partial charge >= 0.3 is 9.28 Å². The zero-order valence-electron chi connectivity index (χ0n) is 11.8. The van der Waals surface area contributed by atoms with Crippen molar-refractivity contribution >= 4 is 9.28 Å². The second kappa shape index (κ2) is 9.15. The first-order valence-electron chi connectivity index (χ1n) is 6.83. The smallest absolute Gasteiger partial charge is 0.384 e. The lowest BCUT2D eigenvalue weighted by Gasteiger charge is -2.12. The molecule has 20 heavy (non-hydrogen) atoms. The highest BCUT2D eigenvalue weighted by Crippen LogP contribution is 2.17. The molecule has 1 aromatic rings. The Hall–Kier alpha value is -0.853. The summed E-state index contributed by atoms with van der Waals surface area (Å²) < 4.78 is 50.2. The van der Waals surface area contributed by atoms with Gasteiger partial charge in [-0.3, -0.25) is 0 Å². The van der Waals surface area contributed by atoms with E-state index < -0.39 is 26.7 Å². The maximum atomic E-state index is 13.4. The second-order valence-electron chi connectivity index (χ2n) is 4.30. The first kappa shape index (κ1) is 17.2. The van der Waals surface area contributed by atoms with Crippen molar-refractivity contribution in [3.63, 3.8) is 0 Å². The van der Waals surface area contributed by atoms with Crippen LogP contribution < -0.4 is 0 Å². The Morgan fingerprint density at radius 1 is 0.900 bits per heavy atom. The van der Waals surface area contributed by atoms with Crippen LogP contribution in [0.15, 0.2) is 12.1 Å². The molecule has 0 heterocycles. The molecule has 1 radical (unpaired) electrons. The molecule has 0 aliphatic rings. The summed E-state index contributed by atoms with van der Waals surface area (Å²) in [7, 11) is -1.25. The van der Waals surface area contributed by atoms with Gasteiger partial charge in [0.25, 0.3) is 0 Å². The monoisotopic (exact) mass is 305 g/mol. The van der Waals surface area contributed by atoms with Gasteiger partial charge in [-0.15, -0.1) is 0 Å². The number of rotatable bonds is 9. The fraction of sp³-hybridized carbons (Fsp3) is 0.571. The highest BCUT2D eigenvalue weighted by molar-refractivity contribution is 6.44. The quantitative estimate of drug-likeness (QED) is 0.390. The summed E-state index contributed by atoms with van der Waals surface area (Å²) in [5, 5.41) is 0. The minimum Gasteiger partial charge on any atom is -0.394 e. The number of unbranched alkanes of at least 4 members (excludes halogenated alkanes) is 1. The summed E-state index contributed by atoms with van der Waals surface area (Å²) >= 11 is 0. The summed E-state index contributed by atoms with van der Waals surface area (Å²) in [4.78, 5) is 0. The van der Waals surface area contributed by atoms with Crippen molar-refractivity contribution in [1.82, 2.24) is 0 Å². The molecule has 6 heteroatoms. The number of hydrogen-bond donors (Lipinski definition) is 0. The van der Waals surface area contributed by atoms with E-state index in [0.717, 1.165) is 18.5 Å². The molecular formula is C14H20F3O2Si. The fourth-order valence-electron chi connectivity index (χ4n) is 1.85. The maximum absolute atomic E-state index is 13.4. The predicted octanol–water partition coefficient (Wildman–Crippen LogP) is 3.99. The molecule has 0 saturated heterocycles. The van der Waals surface area contributed by atoms with Gasteiger partial charge in [-0.1, -0.05) is 6.42 Å². The average molecular weight is 305 g/mol. The Morgan fingerprint density at radius 3 is 2.10 bits per heavy atom. The third kappa shape index (κ3) is 5.64. The van der Waals surface area contributed by atoms with E-state index in [1.54, 1.807) is 0 Å². The van der Waals surface area contributed by atoms with Crippen LogP contribution in [-0.2, 0) is 15.3 Å². The van der Waals surface area contributed by atoms with Gasteiger partial charge in [-0.2, -0.15) is 0 Å². The molecule has 1 rings (SSSR count). The van der Waals surface area contributed by atoms with Gasteiger partial charge in [0.2, 0.25) is 0 Å². The average Bonchev–Trinajstić information content (AvgIpc) is 2.40. The Bertz CT molecular complexity index is 410. The first-order chi connectivity index (χ1) is 9.58. The largest absolute Gasteiger partial charge is 0.394 e. The van der Waals surface area contributed by atoms with Crippen molar-refractivity contribution in [2.24, 2.45) is 0 Å². The van der Waals surface area contributed by atoms with Crippen LogP contribution >= 0.6 is 0 Å². The lowest BCUT2D eigenvalue weighted by Crippen LogP contribution is -2.22. The standard InChI is InChI=1S/C14H20F3O2Si/c1-3-18-20(19-4-2)8-6-5-7-11-9-13(16)14(17)10-12(11)15/h9-10H,3-8H2,1-2H3. The molecule has 0 unspecified atom stereocenters. The van der Waals surface area contributed by atoms with Crippen LogP contribution in [-0.4, -0.2) is 22.5 Å². The molecule has 0 N–H and O–H groups in total. The molecule has 113 valence electrons. The summed E-state index contributed by atoms with van der Waals surface area (Å²) in [6, 6.07) is 2.33. The van der Waals surface area contributed by atoms with E-state index in [4.69, 9.17) is 8.85 Å². The van der Waals surface area contributed by atoms with Crippen LogP contribution in [0.3, 0.4) is 0 Å². The molecule has 0 atom stereocenters. The van der Waals surface area contributed by atoms with Crippen molar-refractivity contribution in [1.29, 1.82) is 0 Å². The molecule has 0 aromatic heterocycles. The summed E-state index contributed by atoms with van der Waals surface area (Å²) in [5.74, 6) is -2.84. The zero-order valence-corrected chi connectivity index (χ0v) is 12.8. The van der Waals surface area contributed by atoms with E-state index in [-0.39, 0.29) is 5.56 Å². The molecule has 0 amide bonds. The van der Waals surface area contributed by atoms with E-state index in [0.29, 0.717) is 32.1 Å². The summed E-state index contributed by atoms with van der Waals surface area (Å²) in [6.07, 6.45) is 1.89. The molecule has 0 saturated carbocycles. The number of halogens is 3. The molecule has 0 spiro atoms. The van der Waals surface area contributed by atoms with Crippen molar-refractivity contribution in [2.75, 3.05) is 13.2 Å². The van der Waals surface area contributed by atoms with Gasteiger partial charge in [-0.25, -0.2) is 13.2 Å². The molecule has 0 aliphatic heterocycles. The van der Waals surface area contributed by atoms with Crippen LogP contribution in [0.2, 0.25) is 6.04 Å². The van der Waals surface area contributed by atoms with Gasteiger partial charge in [0, 0.05) is 19.3 Å². The normalized spacial score (nSPS) is 11.3. The third-order valence-electron chi connectivity index (χ3n) is 2.78. The Balaban J connectivity index is 2.38. The van der Waals surface area contributed by atoms with E-state index in [1.165, 1.54) is 0 Å². The van der Waals surface area contributed by atoms with Crippen LogP contribution in [0, 0.1) is 17.5 Å². The second-order valence-corrected chi connectivity index (χ2v) is 6.12. The van der Waals surface area contributed by atoms with Crippen molar-refractivity contribution in [3.8, 4) is 0 Å². The maximum Gasteiger partial charge on any atom is 0.384 e. The minimum absolute atomic E-state index is 0.213. The number of aryl methyl sites for hydroxylation is 1. The molecule has 0 aliphatic carbocycles. The lowest BCUT2D eigenvalue weighted by molar-refractivity contribution is 0.212. The van der Waals surface area contributed by atoms with Gasteiger partial charge in [-0.05, 0) is 44.4 Å². The minimum atomic E-state index is -1.25. The van der Waals surface area contributed by atoms with E-state index in [2.05, 4.69) is 0 Å². The Morgan fingerprint density at radius 2 is 1.50 bits per heavy atom. The van der Waals surface area contributed by atoms with Crippen LogP contribution in [0.1, 0.15) is 32.3 Å². The van der Waals surface area contributed by atoms with E-state index in [9.17, 15) is 13.2 Å². The van der Waals surface area contributed by atoms with Crippen LogP contribution in [0.4, 0.5) is 13.2 Å². The highest BCUT2D eigenvalue weighted by Gasteiger charge is 2.14. The Labute approximate surface area is 119 Å². The van der Waals surface area contributed by atoms with Gasteiger partial charge in [0.15, 0.2) is 11.6 Å². The number of benzene rings is 1. The van der Waals surface area contributed by atoms with Gasteiger partial charge in [0.1, 0.15) is 5.82 Å². The van der Waals surface area contributed by atoms with Crippen molar-refractivity contribution < 1.29 is 22.0 Å². The van der Waals surface area contributed by atoms with E-state index >= 15 is 0 Å². The molecule has 2 nitrogen and oxygen atoms in total. The first-order valence-corrected chi connectivity index (χ1v) is 8.35. The molecule has 0 fully saturated rings.